The van der Waals surface area contributed by atoms with Gasteiger partial charge in [0.2, 0.25) is 0 Å². The Kier molecular flexibility index (Phi) is 4.45. The van der Waals surface area contributed by atoms with Crippen LogP contribution < -0.4 is 4.74 Å². The number of aryl methyl sites for hydroxylation is 1. The lowest BCUT2D eigenvalue weighted by molar-refractivity contribution is -0.0359. The molecule has 22 heavy (non-hydrogen) atoms. The predicted molar refractivity (Wildman–Crippen MR) is 84.9 cm³/mol. The van der Waals surface area contributed by atoms with Crippen molar-refractivity contribution in [2.24, 2.45) is 0 Å². The summed E-state index contributed by atoms with van der Waals surface area (Å²) in [6, 6.07) is 9.91. The molecule has 1 aromatic carbocycles. The van der Waals surface area contributed by atoms with Crippen LogP contribution in [0.2, 0.25) is 0 Å². The first-order valence-electron chi connectivity index (χ1n) is 7.65. The van der Waals surface area contributed by atoms with Crippen LogP contribution in [0, 0.1) is 6.92 Å². The van der Waals surface area contributed by atoms with E-state index in [1.54, 1.807) is 7.11 Å². The second kappa shape index (κ2) is 6.50. The van der Waals surface area contributed by atoms with Crippen LogP contribution in [0.3, 0.4) is 0 Å². The minimum absolute atomic E-state index is 0.229. The molecule has 0 bridgehead atoms. The van der Waals surface area contributed by atoms with Gasteiger partial charge in [-0.3, -0.25) is 10.00 Å². The van der Waals surface area contributed by atoms with Gasteiger partial charge >= 0.3 is 0 Å². The molecule has 5 heteroatoms. The molecule has 1 aliphatic heterocycles. The van der Waals surface area contributed by atoms with E-state index in [9.17, 15) is 0 Å². The SMILES string of the molecule is CO[C@]1(COc2ccccc2)CCN(Cc2cn[nH]c2C)C1. The maximum absolute atomic E-state index is 5.92. The predicted octanol–water partition coefficient (Wildman–Crippen LogP) is 2.39. The van der Waals surface area contributed by atoms with E-state index in [1.165, 1.54) is 5.56 Å². The number of nitrogens with one attached hydrogen (secondary N) is 1. The van der Waals surface area contributed by atoms with Crippen LogP contribution in [0.1, 0.15) is 17.7 Å². The fourth-order valence-electron chi connectivity index (χ4n) is 2.91. The van der Waals surface area contributed by atoms with Crippen molar-refractivity contribution in [3.8, 4) is 5.75 Å². The zero-order chi connectivity index (χ0) is 15.4. The van der Waals surface area contributed by atoms with Crippen LogP contribution in [0.4, 0.5) is 0 Å². The van der Waals surface area contributed by atoms with E-state index in [4.69, 9.17) is 9.47 Å². The zero-order valence-corrected chi connectivity index (χ0v) is 13.2. The molecule has 1 fully saturated rings. The van der Waals surface area contributed by atoms with Crippen LogP contribution >= 0.6 is 0 Å². The highest BCUT2D eigenvalue weighted by atomic mass is 16.5. The van der Waals surface area contributed by atoms with Gasteiger partial charge in [0.05, 0.1) is 6.20 Å². The molecule has 0 aliphatic carbocycles. The molecule has 5 nitrogen and oxygen atoms in total. The van der Waals surface area contributed by atoms with Gasteiger partial charge in [-0.05, 0) is 25.5 Å². The summed E-state index contributed by atoms with van der Waals surface area (Å²) >= 11 is 0. The number of methoxy groups -OCH3 is 1. The minimum Gasteiger partial charge on any atom is -0.491 e. The van der Waals surface area contributed by atoms with Gasteiger partial charge in [-0.1, -0.05) is 18.2 Å². The lowest BCUT2D eigenvalue weighted by Crippen LogP contribution is -2.41. The number of aromatic amines is 1. The van der Waals surface area contributed by atoms with Gasteiger partial charge in [0, 0.05) is 38.0 Å². The van der Waals surface area contributed by atoms with Crippen molar-refractivity contribution in [1.29, 1.82) is 0 Å². The number of hydrogen-bond donors (Lipinski definition) is 1. The zero-order valence-electron chi connectivity index (χ0n) is 13.2. The number of hydrogen-bond acceptors (Lipinski definition) is 4. The summed E-state index contributed by atoms with van der Waals surface area (Å²) in [6.45, 7) is 5.42. The van der Waals surface area contributed by atoms with E-state index in [0.29, 0.717) is 6.61 Å². The Hall–Kier alpha value is -1.85. The lowest BCUT2D eigenvalue weighted by atomic mass is 10.0. The van der Waals surface area contributed by atoms with Gasteiger partial charge in [0.1, 0.15) is 18.0 Å². The first-order valence-corrected chi connectivity index (χ1v) is 7.65. The Morgan fingerprint density at radius 1 is 1.32 bits per heavy atom. The molecule has 1 aromatic heterocycles. The molecular weight excluding hydrogens is 278 g/mol. The van der Waals surface area contributed by atoms with Crippen LogP contribution in [0.25, 0.3) is 0 Å². The largest absolute Gasteiger partial charge is 0.491 e. The fraction of sp³-hybridized carbons (Fsp3) is 0.471. The summed E-state index contributed by atoms with van der Waals surface area (Å²) in [7, 11) is 1.78. The second-order valence-electron chi connectivity index (χ2n) is 5.97. The molecule has 2 heterocycles. The van der Waals surface area contributed by atoms with Crippen LogP contribution in [-0.2, 0) is 11.3 Å². The molecule has 3 rings (SSSR count). The van der Waals surface area contributed by atoms with E-state index in [2.05, 4.69) is 22.0 Å². The molecule has 1 saturated heterocycles. The molecule has 0 saturated carbocycles. The highest BCUT2D eigenvalue weighted by molar-refractivity contribution is 5.21. The van der Waals surface area contributed by atoms with Gasteiger partial charge in [-0.15, -0.1) is 0 Å². The van der Waals surface area contributed by atoms with Crippen molar-refractivity contribution in [1.82, 2.24) is 15.1 Å². The quantitative estimate of drug-likeness (QED) is 0.890. The average molecular weight is 301 g/mol. The van der Waals surface area contributed by atoms with Crippen molar-refractivity contribution >= 4 is 0 Å². The van der Waals surface area contributed by atoms with Crippen molar-refractivity contribution in [2.45, 2.75) is 25.5 Å². The molecule has 0 amide bonds. The molecule has 0 spiro atoms. The highest BCUT2D eigenvalue weighted by Gasteiger charge is 2.39. The second-order valence-corrected chi connectivity index (χ2v) is 5.97. The van der Waals surface area contributed by atoms with E-state index >= 15 is 0 Å². The lowest BCUT2D eigenvalue weighted by Gasteiger charge is -2.28. The number of para-hydroxylation sites is 1. The Balaban J connectivity index is 1.59. The topological polar surface area (TPSA) is 50.4 Å². The summed E-state index contributed by atoms with van der Waals surface area (Å²) in [5.74, 6) is 0.892. The number of likely N-dealkylation sites (tertiary alicyclic amines) is 1. The van der Waals surface area contributed by atoms with Crippen molar-refractivity contribution in [3.63, 3.8) is 0 Å². The summed E-state index contributed by atoms with van der Waals surface area (Å²) < 4.78 is 11.7. The van der Waals surface area contributed by atoms with E-state index < -0.39 is 0 Å². The minimum atomic E-state index is -0.229. The third kappa shape index (κ3) is 3.31. The number of nitrogens with zero attached hydrogens (tertiary/aromatic N) is 2. The Morgan fingerprint density at radius 2 is 2.14 bits per heavy atom. The monoisotopic (exact) mass is 301 g/mol. The third-order valence-electron chi connectivity index (χ3n) is 4.40. The maximum Gasteiger partial charge on any atom is 0.119 e. The summed E-state index contributed by atoms with van der Waals surface area (Å²) in [5.41, 5.74) is 2.15. The summed E-state index contributed by atoms with van der Waals surface area (Å²) in [5, 5.41) is 7.08. The van der Waals surface area contributed by atoms with Gasteiger partial charge < -0.3 is 9.47 Å². The molecule has 1 aliphatic rings. The first kappa shape index (κ1) is 15.1. The molecule has 0 radical (unpaired) electrons. The summed E-state index contributed by atoms with van der Waals surface area (Å²) in [6.07, 6.45) is 2.88. The molecule has 2 aromatic rings. The van der Waals surface area contributed by atoms with Gasteiger partial charge in [-0.25, -0.2) is 0 Å². The van der Waals surface area contributed by atoms with Crippen molar-refractivity contribution in [2.75, 3.05) is 26.8 Å². The summed E-state index contributed by atoms with van der Waals surface area (Å²) in [4.78, 5) is 2.40. The number of H-pyrrole nitrogens is 1. The Bertz CT molecular complexity index is 599. The molecule has 1 atom stereocenters. The van der Waals surface area contributed by atoms with Gasteiger partial charge in [0.25, 0.3) is 0 Å². The fourth-order valence-corrected chi connectivity index (χ4v) is 2.91. The average Bonchev–Trinajstić information content (AvgIpc) is 3.14. The number of benzene rings is 1. The Labute approximate surface area is 131 Å². The molecule has 0 unspecified atom stereocenters. The van der Waals surface area contributed by atoms with Crippen LogP contribution in [-0.4, -0.2) is 47.5 Å². The van der Waals surface area contributed by atoms with Crippen molar-refractivity contribution in [3.05, 3.63) is 47.8 Å². The Morgan fingerprint density at radius 3 is 2.82 bits per heavy atom. The standard InChI is InChI=1S/C17H23N3O2/c1-14-15(10-18-19-14)11-20-9-8-17(12-20,21-2)13-22-16-6-4-3-5-7-16/h3-7,10H,8-9,11-13H2,1-2H3,(H,18,19)/t17-/m1/s1. The molecule has 118 valence electrons. The number of rotatable bonds is 6. The first-order chi connectivity index (χ1) is 10.7. The normalized spacial score (nSPS) is 22.1. The van der Waals surface area contributed by atoms with Gasteiger partial charge in [-0.2, -0.15) is 5.10 Å². The van der Waals surface area contributed by atoms with Crippen LogP contribution in [0.5, 0.6) is 5.75 Å². The maximum atomic E-state index is 5.92. The van der Waals surface area contributed by atoms with Gasteiger partial charge in [0.15, 0.2) is 0 Å². The number of aromatic nitrogens is 2. The highest BCUT2D eigenvalue weighted by Crippen LogP contribution is 2.27. The van der Waals surface area contributed by atoms with E-state index in [1.807, 2.05) is 36.5 Å². The smallest absolute Gasteiger partial charge is 0.119 e. The van der Waals surface area contributed by atoms with E-state index in [0.717, 1.165) is 37.5 Å². The third-order valence-corrected chi connectivity index (χ3v) is 4.40. The van der Waals surface area contributed by atoms with Crippen LogP contribution in [0.15, 0.2) is 36.5 Å². The van der Waals surface area contributed by atoms with Crippen molar-refractivity contribution < 1.29 is 9.47 Å². The molecule has 1 N–H and O–H groups in total. The molecular formula is C17H23N3O2. The van der Waals surface area contributed by atoms with E-state index in [-0.39, 0.29) is 5.60 Å². The number of ether oxygens (including phenoxy) is 2.